The zero-order valence-corrected chi connectivity index (χ0v) is 9.66. The van der Waals surface area contributed by atoms with Gasteiger partial charge in [0.25, 0.3) is 0 Å². The number of carbonyl (C=O) groups excluding carboxylic acids is 1. The van der Waals surface area contributed by atoms with Gasteiger partial charge in [-0.15, -0.1) is 0 Å². The number of hydrogen-bond acceptors (Lipinski definition) is 4. The number of aryl methyl sites for hydroxylation is 1. The number of hydrogen-bond donors (Lipinski definition) is 1. The molecule has 0 radical (unpaired) electrons. The summed E-state index contributed by atoms with van der Waals surface area (Å²) in [6, 6.07) is 5.24. The van der Waals surface area contributed by atoms with E-state index in [9.17, 15) is 4.79 Å². The number of nitrogens with two attached hydrogens (primary N) is 1. The zero-order chi connectivity index (χ0) is 12.0. The van der Waals surface area contributed by atoms with E-state index < -0.39 is 0 Å². The van der Waals surface area contributed by atoms with Crippen molar-refractivity contribution in [3.05, 3.63) is 29.3 Å². The SMILES string of the molecule is CCOC(=O)c1ccc(C)c(OCCN)c1. The smallest absolute Gasteiger partial charge is 0.338 e. The van der Waals surface area contributed by atoms with Crippen molar-refractivity contribution in [2.75, 3.05) is 19.8 Å². The van der Waals surface area contributed by atoms with Gasteiger partial charge in [0.2, 0.25) is 0 Å². The van der Waals surface area contributed by atoms with E-state index in [1.165, 1.54) is 0 Å². The molecule has 0 amide bonds. The molecule has 0 heterocycles. The van der Waals surface area contributed by atoms with Gasteiger partial charge in [0, 0.05) is 6.54 Å². The first-order chi connectivity index (χ1) is 7.69. The average Bonchev–Trinajstić information content (AvgIpc) is 2.28. The lowest BCUT2D eigenvalue weighted by Crippen LogP contribution is -2.12. The van der Waals surface area contributed by atoms with E-state index in [-0.39, 0.29) is 5.97 Å². The van der Waals surface area contributed by atoms with E-state index in [1.807, 2.05) is 13.0 Å². The third kappa shape index (κ3) is 3.24. The summed E-state index contributed by atoms with van der Waals surface area (Å²) in [7, 11) is 0. The molecule has 0 aliphatic heterocycles. The van der Waals surface area contributed by atoms with Gasteiger partial charge >= 0.3 is 5.97 Å². The molecule has 1 aromatic rings. The van der Waals surface area contributed by atoms with Crippen molar-refractivity contribution in [1.29, 1.82) is 0 Å². The van der Waals surface area contributed by atoms with Gasteiger partial charge in [0.1, 0.15) is 12.4 Å². The van der Waals surface area contributed by atoms with E-state index in [0.29, 0.717) is 31.1 Å². The van der Waals surface area contributed by atoms with E-state index >= 15 is 0 Å². The standard InChI is InChI=1S/C12H17NO3/c1-3-15-12(14)10-5-4-9(2)11(8-10)16-7-6-13/h4-5,8H,3,6-7,13H2,1-2H3. The van der Waals surface area contributed by atoms with Gasteiger partial charge in [-0.3, -0.25) is 0 Å². The highest BCUT2D eigenvalue weighted by atomic mass is 16.5. The van der Waals surface area contributed by atoms with Gasteiger partial charge in [-0.1, -0.05) is 6.07 Å². The van der Waals surface area contributed by atoms with Gasteiger partial charge in [-0.25, -0.2) is 4.79 Å². The number of rotatable bonds is 5. The van der Waals surface area contributed by atoms with Crippen LogP contribution in [0.4, 0.5) is 0 Å². The minimum Gasteiger partial charge on any atom is -0.492 e. The highest BCUT2D eigenvalue weighted by molar-refractivity contribution is 5.90. The van der Waals surface area contributed by atoms with Crippen LogP contribution in [0.25, 0.3) is 0 Å². The molecule has 0 spiro atoms. The first-order valence-electron chi connectivity index (χ1n) is 5.29. The summed E-state index contributed by atoms with van der Waals surface area (Å²) in [5, 5.41) is 0. The molecule has 0 atom stereocenters. The molecule has 16 heavy (non-hydrogen) atoms. The Hall–Kier alpha value is -1.55. The van der Waals surface area contributed by atoms with Gasteiger partial charge in [0.15, 0.2) is 0 Å². The summed E-state index contributed by atoms with van der Waals surface area (Å²) in [6.45, 7) is 4.95. The second-order valence-electron chi connectivity index (χ2n) is 3.34. The molecule has 0 aliphatic rings. The maximum Gasteiger partial charge on any atom is 0.338 e. The molecule has 0 saturated heterocycles. The van der Waals surface area contributed by atoms with Crippen LogP contribution in [-0.2, 0) is 4.74 Å². The maximum atomic E-state index is 11.5. The molecule has 1 rings (SSSR count). The van der Waals surface area contributed by atoms with Crippen molar-refractivity contribution < 1.29 is 14.3 Å². The lowest BCUT2D eigenvalue weighted by Gasteiger charge is -2.09. The van der Waals surface area contributed by atoms with E-state index in [2.05, 4.69) is 0 Å². The summed E-state index contributed by atoms with van der Waals surface area (Å²) >= 11 is 0. The summed E-state index contributed by atoms with van der Waals surface area (Å²) < 4.78 is 10.3. The van der Waals surface area contributed by atoms with Crippen LogP contribution in [-0.4, -0.2) is 25.7 Å². The van der Waals surface area contributed by atoms with Crippen LogP contribution in [0.15, 0.2) is 18.2 Å². The third-order valence-corrected chi connectivity index (χ3v) is 2.07. The molecule has 88 valence electrons. The molecule has 0 unspecified atom stereocenters. The van der Waals surface area contributed by atoms with Crippen LogP contribution < -0.4 is 10.5 Å². The summed E-state index contributed by atoms with van der Waals surface area (Å²) in [4.78, 5) is 11.5. The summed E-state index contributed by atoms with van der Waals surface area (Å²) in [6.07, 6.45) is 0. The highest BCUT2D eigenvalue weighted by Crippen LogP contribution is 2.19. The fraction of sp³-hybridized carbons (Fsp3) is 0.417. The van der Waals surface area contributed by atoms with Crippen LogP contribution in [0.1, 0.15) is 22.8 Å². The van der Waals surface area contributed by atoms with E-state index in [0.717, 1.165) is 5.56 Å². The Kier molecular flexibility index (Phi) is 4.79. The van der Waals surface area contributed by atoms with Crippen LogP contribution in [0.5, 0.6) is 5.75 Å². The molecule has 4 heteroatoms. The Bertz CT molecular complexity index is 363. The molecule has 0 aliphatic carbocycles. The number of carbonyl (C=O) groups is 1. The van der Waals surface area contributed by atoms with Crippen LogP contribution >= 0.6 is 0 Å². The monoisotopic (exact) mass is 223 g/mol. The molecule has 0 saturated carbocycles. The first-order valence-corrected chi connectivity index (χ1v) is 5.29. The molecular formula is C12H17NO3. The third-order valence-electron chi connectivity index (χ3n) is 2.07. The van der Waals surface area contributed by atoms with Crippen molar-refractivity contribution in [2.45, 2.75) is 13.8 Å². The normalized spacial score (nSPS) is 9.94. The Morgan fingerprint density at radius 1 is 1.44 bits per heavy atom. The fourth-order valence-corrected chi connectivity index (χ4v) is 1.27. The fourth-order valence-electron chi connectivity index (χ4n) is 1.27. The second kappa shape index (κ2) is 6.12. The maximum absolute atomic E-state index is 11.5. The number of esters is 1. The van der Waals surface area contributed by atoms with Gasteiger partial charge in [-0.05, 0) is 31.5 Å². The van der Waals surface area contributed by atoms with Crippen molar-refractivity contribution in [3.8, 4) is 5.75 Å². The Morgan fingerprint density at radius 3 is 2.81 bits per heavy atom. The van der Waals surface area contributed by atoms with Crippen LogP contribution in [0, 0.1) is 6.92 Å². The van der Waals surface area contributed by atoms with Crippen molar-refractivity contribution in [3.63, 3.8) is 0 Å². The molecule has 0 aromatic heterocycles. The van der Waals surface area contributed by atoms with E-state index in [4.69, 9.17) is 15.2 Å². The zero-order valence-electron chi connectivity index (χ0n) is 9.66. The largest absolute Gasteiger partial charge is 0.492 e. The number of benzene rings is 1. The Balaban J connectivity index is 2.84. The quantitative estimate of drug-likeness (QED) is 0.768. The summed E-state index contributed by atoms with van der Waals surface area (Å²) in [5.41, 5.74) is 6.83. The highest BCUT2D eigenvalue weighted by Gasteiger charge is 2.09. The second-order valence-corrected chi connectivity index (χ2v) is 3.34. The molecule has 1 aromatic carbocycles. The Labute approximate surface area is 95.3 Å². The topological polar surface area (TPSA) is 61.5 Å². The van der Waals surface area contributed by atoms with Crippen molar-refractivity contribution in [1.82, 2.24) is 0 Å². The molecule has 0 bridgehead atoms. The minimum atomic E-state index is -0.333. The van der Waals surface area contributed by atoms with Crippen LogP contribution in [0.2, 0.25) is 0 Å². The Morgan fingerprint density at radius 2 is 2.19 bits per heavy atom. The summed E-state index contributed by atoms with van der Waals surface area (Å²) in [5.74, 6) is 0.344. The predicted molar refractivity (Wildman–Crippen MR) is 61.7 cm³/mol. The van der Waals surface area contributed by atoms with E-state index in [1.54, 1.807) is 19.1 Å². The lowest BCUT2D eigenvalue weighted by molar-refractivity contribution is 0.0526. The van der Waals surface area contributed by atoms with Gasteiger partial charge in [0.05, 0.1) is 12.2 Å². The molecule has 4 nitrogen and oxygen atoms in total. The lowest BCUT2D eigenvalue weighted by atomic mass is 10.1. The first kappa shape index (κ1) is 12.5. The average molecular weight is 223 g/mol. The van der Waals surface area contributed by atoms with Gasteiger partial charge in [-0.2, -0.15) is 0 Å². The van der Waals surface area contributed by atoms with Crippen molar-refractivity contribution in [2.24, 2.45) is 5.73 Å². The minimum absolute atomic E-state index is 0.333. The molecular weight excluding hydrogens is 206 g/mol. The molecule has 0 fully saturated rings. The van der Waals surface area contributed by atoms with Gasteiger partial charge < -0.3 is 15.2 Å². The van der Waals surface area contributed by atoms with Crippen molar-refractivity contribution >= 4 is 5.97 Å². The van der Waals surface area contributed by atoms with Crippen LogP contribution in [0.3, 0.4) is 0 Å². The number of ether oxygens (including phenoxy) is 2. The predicted octanol–water partition coefficient (Wildman–Crippen LogP) is 1.51. The molecule has 2 N–H and O–H groups in total.